The Kier molecular flexibility index (Phi) is 8.38. The maximum Gasteiger partial charge on any atom is 0.407 e. The van der Waals surface area contributed by atoms with Crippen molar-refractivity contribution in [3.05, 3.63) is 35.9 Å². The van der Waals surface area contributed by atoms with Gasteiger partial charge in [-0.3, -0.25) is 0 Å². The summed E-state index contributed by atoms with van der Waals surface area (Å²) < 4.78 is 30.1. The lowest BCUT2D eigenvalue weighted by molar-refractivity contribution is -0.374. The lowest BCUT2D eigenvalue weighted by Crippen LogP contribution is -2.69. The van der Waals surface area contributed by atoms with Crippen LogP contribution in [0.2, 0.25) is 0 Å². The number of fused-ring (bicyclic) bond motifs is 1. The number of hydrogen-bond acceptors (Lipinski definition) is 7. The molecule has 2 heterocycles. The second-order valence-corrected chi connectivity index (χ2v) is 11.1. The number of alkyl carbamates (subject to hydrolysis) is 1. The third kappa shape index (κ3) is 6.54. The lowest BCUT2D eigenvalue weighted by atomic mass is 9.75. The number of carbonyl (C=O) groups excluding carboxylic acids is 1. The van der Waals surface area contributed by atoms with Crippen molar-refractivity contribution in [2.75, 3.05) is 6.61 Å². The first kappa shape index (κ1) is 26.4. The Labute approximate surface area is 208 Å². The quantitative estimate of drug-likeness (QED) is 0.621. The van der Waals surface area contributed by atoms with Crippen LogP contribution < -0.4 is 5.32 Å². The Hall–Kier alpha value is -1.71. The van der Waals surface area contributed by atoms with Gasteiger partial charge in [0.2, 0.25) is 0 Å². The SMILES string of the molecule is CC(C)[C@@H]1CC[C@@H](C)C[C@H]1O[C@H]1O[C@@H]2COC(C)(C)O[C@H]2[C@H](O)[C@@H]1NC(=O)OCc1ccccc1. The zero-order valence-corrected chi connectivity index (χ0v) is 21.5. The highest BCUT2D eigenvalue weighted by Crippen LogP contribution is 2.39. The predicted molar refractivity (Wildman–Crippen MR) is 129 cm³/mol. The van der Waals surface area contributed by atoms with E-state index in [1.165, 1.54) is 6.42 Å². The molecule has 0 unspecified atom stereocenters. The van der Waals surface area contributed by atoms with E-state index < -0.39 is 42.5 Å². The van der Waals surface area contributed by atoms with E-state index in [1.807, 2.05) is 30.3 Å². The zero-order chi connectivity index (χ0) is 25.2. The Balaban J connectivity index is 1.49. The van der Waals surface area contributed by atoms with E-state index in [0.717, 1.165) is 18.4 Å². The van der Waals surface area contributed by atoms with Crippen molar-refractivity contribution in [3.8, 4) is 0 Å². The summed E-state index contributed by atoms with van der Waals surface area (Å²) in [5.41, 5.74) is 0.876. The molecule has 0 bridgehead atoms. The Morgan fingerprint density at radius 2 is 1.97 bits per heavy atom. The molecule has 1 amide bonds. The fourth-order valence-corrected chi connectivity index (χ4v) is 5.46. The third-order valence-corrected chi connectivity index (χ3v) is 7.46. The molecule has 4 rings (SSSR count). The number of amides is 1. The van der Waals surface area contributed by atoms with E-state index in [4.69, 9.17) is 23.7 Å². The molecule has 3 fully saturated rings. The predicted octanol–water partition coefficient (Wildman–Crippen LogP) is 4.00. The number of ether oxygens (including phenoxy) is 5. The minimum Gasteiger partial charge on any atom is -0.445 e. The first-order valence-corrected chi connectivity index (χ1v) is 12.9. The summed E-state index contributed by atoms with van der Waals surface area (Å²) in [7, 11) is 0. The fourth-order valence-electron chi connectivity index (χ4n) is 5.46. The van der Waals surface area contributed by atoms with E-state index in [9.17, 15) is 9.90 Å². The third-order valence-electron chi connectivity index (χ3n) is 7.46. The van der Waals surface area contributed by atoms with Crippen molar-refractivity contribution >= 4 is 6.09 Å². The summed E-state index contributed by atoms with van der Waals surface area (Å²) in [6.45, 7) is 10.7. The van der Waals surface area contributed by atoms with Gasteiger partial charge in [0, 0.05) is 0 Å². The van der Waals surface area contributed by atoms with Gasteiger partial charge in [-0.25, -0.2) is 4.79 Å². The van der Waals surface area contributed by atoms with Gasteiger partial charge in [0.1, 0.15) is 31.0 Å². The average Bonchev–Trinajstić information content (AvgIpc) is 2.81. The van der Waals surface area contributed by atoms with Crippen LogP contribution in [0.5, 0.6) is 0 Å². The van der Waals surface area contributed by atoms with Crippen LogP contribution in [0.3, 0.4) is 0 Å². The fraction of sp³-hybridized carbons (Fsp3) is 0.741. The highest BCUT2D eigenvalue weighted by molar-refractivity contribution is 5.67. The van der Waals surface area contributed by atoms with Crippen LogP contribution >= 0.6 is 0 Å². The van der Waals surface area contributed by atoms with Crippen molar-refractivity contribution in [2.24, 2.45) is 17.8 Å². The van der Waals surface area contributed by atoms with Gasteiger partial charge in [-0.1, -0.05) is 57.5 Å². The van der Waals surface area contributed by atoms with Crippen molar-refractivity contribution in [2.45, 2.75) is 103 Å². The number of nitrogens with one attached hydrogen (secondary N) is 1. The van der Waals surface area contributed by atoms with Crippen LogP contribution in [-0.2, 0) is 30.3 Å². The molecule has 1 aromatic rings. The molecule has 1 aliphatic carbocycles. The second kappa shape index (κ2) is 11.1. The van der Waals surface area contributed by atoms with E-state index in [2.05, 4.69) is 26.1 Å². The number of hydrogen-bond donors (Lipinski definition) is 2. The molecule has 8 atom stereocenters. The van der Waals surface area contributed by atoms with Gasteiger partial charge in [-0.2, -0.15) is 0 Å². The van der Waals surface area contributed by atoms with Gasteiger partial charge in [-0.05, 0) is 50.0 Å². The molecule has 1 aromatic carbocycles. The van der Waals surface area contributed by atoms with Crippen LogP contribution in [0.1, 0.15) is 59.4 Å². The molecular formula is C27H41NO7. The summed E-state index contributed by atoms with van der Waals surface area (Å²) in [6, 6.07) is 8.61. The molecule has 8 nitrogen and oxygen atoms in total. The van der Waals surface area contributed by atoms with E-state index in [-0.39, 0.29) is 19.3 Å². The Morgan fingerprint density at radius 3 is 2.69 bits per heavy atom. The van der Waals surface area contributed by atoms with Crippen LogP contribution in [0.4, 0.5) is 4.79 Å². The molecular weight excluding hydrogens is 450 g/mol. The monoisotopic (exact) mass is 491 g/mol. The van der Waals surface area contributed by atoms with E-state index in [1.54, 1.807) is 13.8 Å². The van der Waals surface area contributed by atoms with Crippen LogP contribution in [0.15, 0.2) is 30.3 Å². The maximum atomic E-state index is 12.8. The van der Waals surface area contributed by atoms with E-state index >= 15 is 0 Å². The van der Waals surface area contributed by atoms with E-state index in [0.29, 0.717) is 17.8 Å². The summed E-state index contributed by atoms with van der Waals surface area (Å²) in [5.74, 6) is 0.519. The number of aliphatic hydroxyl groups excluding tert-OH is 1. The van der Waals surface area contributed by atoms with Gasteiger partial charge in [0.15, 0.2) is 12.1 Å². The molecule has 2 aliphatic heterocycles. The largest absolute Gasteiger partial charge is 0.445 e. The maximum absolute atomic E-state index is 12.8. The summed E-state index contributed by atoms with van der Waals surface area (Å²) in [5, 5.41) is 14.2. The number of aliphatic hydroxyl groups is 1. The molecule has 0 aromatic heterocycles. The zero-order valence-electron chi connectivity index (χ0n) is 21.5. The Morgan fingerprint density at radius 1 is 1.23 bits per heavy atom. The minimum atomic E-state index is -1.05. The first-order chi connectivity index (χ1) is 16.6. The first-order valence-electron chi connectivity index (χ1n) is 12.9. The van der Waals surface area contributed by atoms with Gasteiger partial charge in [0.25, 0.3) is 0 Å². The topological polar surface area (TPSA) is 95.5 Å². The van der Waals surface area contributed by atoms with Crippen molar-refractivity contribution in [3.63, 3.8) is 0 Å². The molecule has 0 spiro atoms. The van der Waals surface area contributed by atoms with Crippen LogP contribution in [-0.4, -0.2) is 60.3 Å². The van der Waals surface area contributed by atoms with Crippen molar-refractivity contribution in [1.29, 1.82) is 0 Å². The standard InChI is InChI=1S/C27H41NO7/c1-16(2)19-12-11-17(3)13-20(19)33-25-22(28-26(30)31-14-18-9-7-6-8-10-18)23(29)24-21(34-25)15-32-27(4,5)35-24/h6-10,16-17,19-25,29H,11-15H2,1-5H3,(H,28,30)/t17-,19+,20-,21-,22+,23-,24-,25+/m1/s1. The highest BCUT2D eigenvalue weighted by atomic mass is 16.8. The van der Waals surface area contributed by atoms with Crippen LogP contribution in [0, 0.1) is 17.8 Å². The Bertz CT molecular complexity index is 832. The molecule has 2 saturated heterocycles. The number of rotatable bonds is 6. The number of benzene rings is 1. The summed E-state index contributed by atoms with van der Waals surface area (Å²) in [6.07, 6.45) is -0.558. The van der Waals surface area contributed by atoms with Crippen molar-refractivity contribution < 1.29 is 33.6 Å². The second-order valence-electron chi connectivity index (χ2n) is 11.1. The minimum absolute atomic E-state index is 0.0287. The number of carbonyl (C=O) groups is 1. The average molecular weight is 492 g/mol. The molecule has 35 heavy (non-hydrogen) atoms. The smallest absolute Gasteiger partial charge is 0.407 e. The van der Waals surface area contributed by atoms with Gasteiger partial charge in [0.05, 0.1) is 12.7 Å². The molecule has 3 aliphatic rings. The van der Waals surface area contributed by atoms with Crippen molar-refractivity contribution in [1.82, 2.24) is 5.32 Å². The molecule has 8 heteroatoms. The van der Waals surface area contributed by atoms with Gasteiger partial charge >= 0.3 is 6.09 Å². The summed E-state index contributed by atoms with van der Waals surface area (Å²) in [4.78, 5) is 12.8. The summed E-state index contributed by atoms with van der Waals surface area (Å²) >= 11 is 0. The van der Waals surface area contributed by atoms with Crippen LogP contribution in [0.25, 0.3) is 0 Å². The molecule has 2 N–H and O–H groups in total. The highest BCUT2D eigenvalue weighted by Gasteiger charge is 2.52. The van der Waals surface area contributed by atoms with Gasteiger partial charge in [-0.15, -0.1) is 0 Å². The molecule has 0 radical (unpaired) electrons. The normalized spacial score (nSPS) is 36.9. The lowest BCUT2D eigenvalue weighted by Gasteiger charge is -2.51. The van der Waals surface area contributed by atoms with Gasteiger partial charge < -0.3 is 34.1 Å². The molecule has 196 valence electrons. The molecule has 1 saturated carbocycles.